The molecule has 1 aromatic heterocycles. The molecular weight excluding hydrogens is 252 g/mol. The highest BCUT2D eigenvalue weighted by Gasteiger charge is 2.13. The third-order valence-electron chi connectivity index (χ3n) is 3.97. The van der Waals surface area contributed by atoms with Gasteiger partial charge in [0.05, 0.1) is 25.5 Å². The minimum Gasteiger partial charge on any atom is -0.378 e. The van der Waals surface area contributed by atoms with Crippen LogP contribution in [0.4, 0.5) is 0 Å². The number of pyridine rings is 1. The van der Waals surface area contributed by atoms with E-state index in [0.29, 0.717) is 12.5 Å². The van der Waals surface area contributed by atoms with Crippen molar-refractivity contribution in [1.82, 2.24) is 9.88 Å². The van der Waals surface area contributed by atoms with Gasteiger partial charge in [-0.2, -0.15) is 0 Å². The molecule has 5 nitrogen and oxygen atoms in total. The summed E-state index contributed by atoms with van der Waals surface area (Å²) in [5, 5.41) is 0. The van der Waals surface area contributed by atoms with Crippen molar-refractivity contribution in [2.24, 2.45) is 10.7 Å². The van der Waals surface area contributed by atoms with E-state index < -0.39 is 0 Å². The maximum atomic E-state index is 6.03. The molecule has 1 aromatic rings. The first kappa shape index (κ1) is 13.4. The fourth-order valence-corrected chi connectivity index (χ4v) is 2.77. The molecule has 0 bridgehead atoms. The second-order valence-electron chi connectivity index (χ2n) is 5.39. The van der Waals surface area contributed by atoms with Crippen molar-refractivity contribution in [2.45, 2.75) is 32.2 Å². The van der Waals surface area contributed by atoms with Gasteiger partial charge in [0.2, 0.25) is 0 Å². The summed E-state index contributed by atoms with van der Waals surface area (Å²) in [6.45, 7) is 3.68. The zero-order chi connectivity index (χ0) is 13.8. The normalized spacial score (nSPS) is 19.8. The van der Waals surface area contributed by atoms with Crippen LogP contribution in [0.2, 0.25) is 0 Å². The summed E-state index contributed by atoms with van der Waals surface area (Å²) in [6, 6.07) is 4.29. The molecule has 0 atom stereocenters. The minimum absolute atomic E-state index is 0.566. The number of ether oxygens (including phenoxy) is 1. The Morgan fingerprint density at radius 3 is 2.90 bits per heavy atom. The van der Waals surface area contributed by atoms with Crippen molar-refractivity contribution in [3.8, 4) is 0 Å². The minimum atomic E-state index is 0.566. The molecule has 0 aromatic carbocycles. The van der Waals surface area contributed by atoms with Gasteiger partial charge in [-0.15, -0.1) is 0 Å². The Labute approximate surface area is 119 Å². The quantitative estimate of drug-likeness (QED) is 0.648. The Kier molecular flexibility index (Phi) is 4.16. The van der Waals surface area contributed by atoms with E-state index in [2.05, 4.69) is 22.0 Å². The van der Waals surface area contributed by atoms with Crippen molar-refractivity contribution in [2.75, 3.05) is 26.3 Å². The van der Waals surface area contributed by atoms with Gasteiger partial charge in [0, 0.05) is 18.8 Å². The first-order valence-electron chi connectivity index (χ1n) is 7.43. The maximum absolute atomic E-state index is 6.03. The Morgan fingerprint density at radius 1 is 1.25 bits per heavy atom. The molecule has 2 N–H and O–H groups in total. The molecule has 1 saturated heterocycles. The summed E-state index contributed by atoms with van der Waals surface area (Å²) in [7, 11) is 0. The summed E-state index contributed by atoms with van der Waals surface area (Å²) in [5.41, 5.74) is 9.71. The van der Waals surface area contributed by atoms with Crippen molar-refractivity contribution in [1.29, 1.82) is 0 Å². The highest BCUT2D eigenvalue weighted by atomic mass is 16.5. The van der Waals surface area contributed by atoms with Crippen molar-refractivity contribution in [3.05, 3.63) is 29.1 Å². The Hall–Kier alpha value is -1.62. The van der Waals surface area contributed by atoms with Crippen LogP contribution in [0, 0.1) is 0 Å². The topological polar surface area (TPSA) is 63.7 Å². The molecular formula is C15H22N4O. The first-order chi connectivity index (χ1) is 9.83. The number of hydrogen-bond donors (Lipinski definition) is 1. The van der Waals surface area contributed by atoms with E-state index in [-0.39, 0.29) is 0 Å². The van der Waals surface area contributed by atoms with Crippen LogP contribution in [0.15, 0.2) is 17.1 Å². The summed E-state index contributed by atoms with van der Waals surface area (Å²) in [6.07, 6.45) is 4.81. The predicted molar refractivity (Wildman–Crippen MR) is 78.6 cm³/mol. The van der Waals surface area contributed by atoms with Gasteiger partial charge in [-0.1, -0.05) is 6.07 Å². The Morgan fingerprint density at radius 2 is 2.05 bits per heavy atom. The number of morpholine rings is 1. The number of hydrogen-bond acceptors (Lipinski definition) is 3. The average molecular weight is 274 g/mol. The molecule has 2 heterocycles. The molecule has 1 aliphatic heterocycles. The van der Waals surface area contributed by atoms with Gasteiger partial charge in [-0.05, 0) is 37.3 Å². The van der Waals surface area contributed by atoms with Crippen molar-refractivity contribution in [3.63, 3.8) is 0 Å². The van der Waals surface area contributed by atoms with E-state index in [1.54, 1.807) is 0 Å². The van der Waals surface area contributed by atoms with Gasteiger partial charge in [0.25, 0.3) is 0 Å². The van der Waals surface area contributed by atoms with Crippen LogP contribution in [0.25, 0.3) is 0 Å². The van der Waals surface area contributed by atoms with Gasteiger partial charge in [0.15, 0.2) is 5.96 Å². The molecule has 108 valence electrons. The van der Waals surface area contributed by atoms with E-state index >= 15 is 0 Å². The lowest BCUT2D eigenvalue weighted by molar-refractivity contribution is 0.0674. The van der Waals surface area contributed by atoms with Crippen LogP contribution in [0.5, 0.6) is 0 Å². The monoisotopic (exact) mass is 274 g/mol. The molecule has 3 rings (SSSR count). The number of aromatic nitrogens is 1. The fraction of sp³-hybridized carbons (Fsp3) is 0.600. The highest BCUT2D eigenvalue weighted by molar-refractivity contribution is 5.78. The smallest absolute Gasteiger partial charge is 0.191 e. The summed E-state index contributed by atoms with van der Waals surface area (Å²) in [5.74, 6) is 0.604. The summed E-state index contributed by atoms with van der Waals surface area (Å²) in [4.78, 5) is 11.3. The molecule has 1 fully saturated rings. The van der Waals surface area contributed by atoms with Crippen LogP contribution in [-0.4, -0.2) is 42.1 Å². The molecule has 0 unspecified atom stereocenters. The van der Waals surface area contributed by atoms with Crippen LogP contribution in [0.3, 0.4) is 0 Å². The third-order valence-corrected chi connectivity index (χ3v) is 3.97. The van der Waals surface area contributed by atoms with Crippen molar-refractivity contribution >= 4 is 5.96 Å². The summed E-state index contributed by atoms with van der Waals surface area (Å²) < 4.78 is 5.31. The lowest BCUT2D eigenvalue weighted by atomic mass is 9.96. The van der Waals surface area contributed by atoms with E-state index in [1.807, 2.05) is 0 Å². The molecule has 0 radical (unpaired) electrons. The van der Waals surface area contributed by atoms with E-state index in [9.17, 15) is 0 Å². The van der Waals surface area contributed by atoms with Crippen LogP contribution < -0.4 is 5.73 Å². The second-order valence-corrected chi connectivity index (χ2v) is 5.39. The van der Waals surface area contributed by atoms with E-state index in [1.165, 1.54) is 30.5 Å². The van der Waals surface area contributed by atoms with Crippen LogP contribution >= 0.6 is 0 Å². The first-order valence-corrected chi connectivity index (χ1v) is 7.43. The Balaban J connectivity index is 1.65. The van der Waals surface area contributed by atoms with Crippen LogP contribution in [0.1, 0.15) is 29.8 Å². The SMILES string of the molecule is NC(=NCc1ccc2c(n1)CCCC2)N1CCOCC1. The lowest BCUT2D eigenvalue weighted by Gasteiger charge is -2.27. The number of guanidine groups is 1. The highest BCUT2D eigenvalue weighted by Crippen LogP contribution is 2.19. The number of rotatable bonds is 2. The number of nitrogens with two attached hydrogens (primary N) is 1. The maximum Gasteiger partial charge on any atom is 0.191 e. The zero-order valence-electron chi connectivity index (χ0n) is 11.8. The summed E-state index contributed by atoms with van der Waals surface area (Å²) >= 11 is 0. The zero-order valence-corrected chi connectivity index (χ0v) is 11.8. The molecule has 0 spiro atoms. The number of aliphatic imine (C=N–C) groups is 1. The molecule has 20 heavy (non-hydrogen) atoms. The molecule has 2 aliphatic rings. The third kappa shape index (κ3) is 3.10. The van der Waals surface area contributed by atoms with Crippen LogP contribution in [-0.2, 0) is 24.1 Å². The Bertz CT molecular complexity index is 495. The largest absolute Gasteiger partial charge is 0.378 e. The fourth-order valence-electron chi connectivity index (χ4n) is 2.77. The van der Waals surface area contributed by atoms with Crippen molar-refractivity contribution < 1.29 is 4.74 Å². The van der Waals surface area contributed by atoms with Gasteiger partial charge in [-0.3, -0.25) is 4.98 Å². The van der Waals surface area contributed by atoms with E-state index in [0.717, 1.165) is 38.4 Å². The van der Waals surface area contributed by atoms with E-state index in [4.69, 9.17) is 15.5 Å². The van der Waals surface area contributed by atoms with Gasteiger partial charge < -0.3 is 15.4 Å². The number of aryl methyl sites for hydroxylation is 2. The number of fused-ring (bicyclic) bond motifs is 1. The second kappa shape index (κ2) is 6.22. The van der Waals surface area contributed by atoms with Gasteiger partial charge in [0.1, 0.15) is 0 Å². The standard InChI is InChI=1S/C15H22N4O/c16-15(19-7-9-20-10-8-19)17-11-13-6-5-12-3-1-2-4-14(12)18-13/h5-6H,1-4,7-11H2,(H2,16,17). The molecule has 5 heteroatoms. The predicted octanol–water partition coefficient (Wildman–Crippen LogP) is 1.11. The average Bonchev–Trinajstić information content (AvgIpc) is 2.53. The molecule has 0 saturated carbocycles. The van der Waals surface area contributed by atoms with Gasteiger partial charge in [-0.25, -0.2) is 4.99 Å². The molecule has 0 amide bonds. The lowest BCUT2D eigenvalue weighted by Crippen LogP contribution is -2.44. The number of nitrogens with zero attached hydrogens (tertiary/aromatic N) is 3. The van der Waals surface area contributed by atoms with Gasteiger partial charge >= 0.3 is 0 Å². The molecule has 1 aliphatic carbocycles.